The second kappa shape index (κ2) is 5.83. The zero-order chi connectivity index (χ0) is 15.6. The fourth-order valence-electron chi connectivity index (χ4n) is 1.51. The van der Waals surface area contributed by atoms with E-state index in [1.165, 1.54) is 12.3 Å². The highest BCUT2D eigenvalue weighted by molar-refractivity contribution is 7.99. The van der Waals surface area contributed by atoms with Crippen LogP contribution in [0.15, 0.2) is 40.4 Å². The number of nitro benzene ring substituents is 1. The van der Waals surface area contributed by atoms with Gasteiger partial charge < -0.3 is 5.11 Å². The van der Waals surface area contributed by atoms with Crippen molar-refractivity contribution in [2.45, 2.75) is 9.92 Å². The van der Waals surface area contributed by atoms with Gasteiger partial charge in [-0.2, -0.15) is 4.39 Å². The van der Waals surface area contributed by atoms with Gasteiger partial charge in [0.05, 0.1) is 15.4 Å². The van der Waals surface area contributed by atoms with Crippen molar-refractivity contribution in [2.24, 2.45) is 0 Å². The number of benzene rings is 1. The molecule has 0 radical (unpaired) electrons. The number of rotatable bonds is 4. The zero-order valence-corrected chi connectivity index (χ0v) is 10.9. The minimum atomic E-state index is -1.31. The van der Waals surface area contributed by atoms with Crippen LogP contribution in [0.2, 0.25) is 0 Å². The summed E-state index contributed by atoms with van der Waals surface area (Å²) in [5.74, 6) is -3.49. The van der Waals surface area contributed by atoms with Gasteiger partial charge in [-0.05, 0) is 18.2 Å². The summed E-state index contributed by atoms with van der Waals surface area (Å²) >= 11 is 0.606. The fourth-order valence-corrected chi connectivity index (χ4v) is 2.47. The molecule has 0 atom stereocenters. The van der Waals surface area contributed by atoms with E-state index in [4.69, 9.17) is 5.11 Å². The van der Waals surface area contributed by atoms with E-state index in [-0.39, 0.29) is 15.5 Å². The van der Waals surface area contributed by atoms with Crippen molar-refractivity contribution in [2.75, 3.05) is 0 Å². The molecule has 1 heterocycles. The molecule has 0 aliphatic rings. The van der Waals surface area contributed by atoms with E-state index in [2.05, 4.69) is 4.98 Å². The van der Waals surface area contributed by atoms with Crippen LogP contribution in [0, 0.1) is 21.7 Å². The topological polar surface area (TPSA) is 93.3 Å². The number of aromatic carboxylic acids is 1. The van der Waals surface area contributed by atoms with Crippen molar-refractivity contribution in [3.05, 3.63) is 57.8 Å². The monoisotopic (exact) mass is 312 g/mol. The molecule has 0 saturated carbocycles. The molecule has 2 rings (SSSR count). The molecule has 0 unspecified atom stereocenters. The normalized spacial score (nSPS) is 10.4. The number of carbonyl (C=O) groups is 1. The average Bonchev–Trinajstić information content (AvgIpc) is 2.37. The summed E-state index contributed by atoms with van der Waals surface area (Å²) in [6.07, 6.45) is 1.19. The number of hydrogen-bond acceptors (Lipinski definition) is 5. The summed E-state index contributed by atoms with van der Waals surface area (Å²) < 4.78 is 26.7. The van der Waals surface area contributed by atoms with Crippen molar-refractivity contribution < 1.29 is 23.6 Å². The zero-order valence-electron chi connectivity index (χ0n) is 10.1. The quantitative estimate of drug-likeness (QED) is 0.688. The molecule has 9 heteroatoms. The van der Waals surface area contributed by atoms with Gasteiger partial charge in [-0.1, -0.05) is 11.8 Å². The third kappa shape index (κ3) is 3.31. The predicted octanol–water partition coefficient (Wildman–Crippen LogP) is 3.12. The van der Waals surface area contributed by atoms with Crippen LogP contribution in [-0.2, 0) is 0 Å². The Kier molecular flexibility index (Phi) is 4.13. The van der Waals surface area contributed by atoms with Crippen LogP contribution in [-0.4, -0.2) is 21.0 Å². The largest absolute Gasteiger partial charge is 0.478 e. The molecule has 1 aromatic carbocycles. The van der Waals surface area contributed by atoms with Gasteiger partial charge in [0, 0.05) is 12.3 Å². The molecule has 0 fully saturated rings. The van der Waals surface area contributed by atoms with Crippen LogP contribution in [0.25, 0.3) is 0 Å². The summed E-state index contributed by atoms with van der Waals surface area (Å²) in [4.78, 5) is 24.2. The summed E-state index contributed by atoms with van der Waals surface area (Å²) in [6.45, 7) is 0. The van der Waals surface area contributed by atoms with Crippen LogP contribution < -0.4 is 0 Å². The van der Waals surface area contributed by atoms with Gasteiger partial charge in [-0.25, -0.2) is 14.2 Å². The summed E-state index contributed by atoms with van der Waals surface area (Å²) in [6, 6.07) is 3.58. The van der Waals surface area contributed by atoms with Gasteiger partial charge in [0.15, 0.2) is 0 Å². The first-order valence-electron chi connectivity index (χ1n) is 5.39. The first-order chi connectivity index (χ1) is 9.88. The minimum absolute atomic E-state index is 0.0722. The number of pyridine rings is 1. The molecular weight excluding hydrogens is 306 g/mol. The summed E-state index contributed by atoms with van der Waals surface area (Å²) in [5, 5.41) is 19.7. The maximum atomic E-state index is 13.5. The van der Waals surface area contributed by atoms with Crippen molar-refractivity contribution in [1.82, 2.24) is 4.98 Å². The number of nitrogens with zero attached hydrogens (tertiary/aromatic N) is 2. The van der Waals surface area contributed by atoms with Crippen LogP contribution in [0.3, 0.4) is 0 Å². The lowest BCUT2D eigenvalue weighted by Gasteiger charge is -2.04. The highest BCUT2D eigenvalue weighted by Gasteiger charge is 2.23. The second-order valence-electron chi connectivity index (χ2n) is 3.78. The van der Waals surface area contributed by atoms with Gasteiger partial charge >= 0.3 is 11.7 Å². The van der Waals surface area contributed by atoms with Crippen molar-refractivity contribution in [1.29, 1.82) is 0 Å². The third-order valence-electron chi connectivity index (χ3n) is 2.37. The molecule has 0 bridgehead atoms. The predicted molar refractivity (Wildman–Crippen MR) is 68.3 cm³/mol. The molecule has 0 amide bonds. The Morgan fingerprint density at radius 3 is 2.67 bits per heavy atom. The Balaban J connectivity index is 2.46. The van der Waals surface area contributed by atoms with Gasteiger partial charge in [-0.15, -0.1) is 0 Å². The minimum Gasteiger partial charge on any atom is -0.478 e. The van der Waals surface area contributed by atoms with Gasteiger partial charge in [-0.3, -0.25) is 10.1 Å². The Morgan fingerprint density at radius 2 is 2.05 bits per heavy atom. The lowest BCUT2D eigenvalue weighted by Crippen LogP contribution is -1.98. The van der Waals surface area contributed by atoms with Crippen LogP contribution in [0.4, 0.5) is 14.5 Å². The summed E-state index contributed by atoms with van der Waals surface area (Å²) in [5.41, 5.74) is -0.976. The van der Waals surface area contributed by atoms with E-state index in [1.807, 2.05) is 0 Å². The smallest absolute Gasteiger partial charge is 0.335 e. The fraction of sp³-hybridized carbons (Fsp3) is 0. The van der Waals surface area contributed by atoms with Gasteiger partial charge in [0.1, 0.15) is 10.8 Å². The highest BCUT2D eigenvalue weighted by atomic mass is 32.2. The molecule has 1 aromatic heterocycles. The second-order valence-corrected chi connectivity index (χ2v) is 4.84. The number of carboxylic acid groups (broad SMARTS) is 1. The molecular formula is C12H6F2N2O4S. The van der Waals surface area contributed by atoms with E-state index in [0.717, 1.165) is 12.1 Å². The van der Waals surface area contributed by atoms with E-state index in [0.29, 0.717) is 17.8 Å². The average molecular weight is 312 g/mol. The molecule has 0 aliphatic heterocycles. The SMILES string of the molecule is O=C(O)c1ccnc(Sc2cc(F)cc(F)c2[N+](=O)[O-])c1. The number of hydrogen-bond donors (Lipinski definition) is 1. The first kappa shape index (κ1) is 14.9. The lowest BCUT2D eigenvalue weighted by atomic mass is 10.3. The lowest BCUT2D eigenvalue weighted by molar-refractivity contribution is -0.390. The van der Waals surface area contributed by atoms with Gasteiger partial charge in [0.25, 0.3) is 0 Å². The van der Waals surface area contributed by atoms with E-state index in [9.17, 15) is 23.7 Å². The van der Waals surface area contributed by atoms with Crippen molar-refractivity contribution in [3.63, 3.8) is 0 Å². The first-order valence-corrected chi connectivity index (χ1v) is 6.21. The molecule has 2 aromatic rings. The molecule has 21 heavy (non-hydrogen) atoms. The van der Waals surface area contributed by atoms with Crippen LogP contribution in [0.5, 0.6) is 0 Å². The van der Waals surface area contributed by atoms with E-state index in [1.54, 1.807) is 0 Å². The highest BCUT2D eigenvalue weighted by Crippen LogP contribution is 2.36. The molecule has 108 valence electrons. The Hall–Kier alpha value is -2.55. The van der Waals surface area contributed by atoms with Gasteiger partial charge in [0.2, 0.25) is 5.82 Å². The Labute approximate surface area is 120 Å². The van der Waals surface area contributed by atoms with E-state index < -0.39 is 28.2 Å². The van der Waals surface area contributed by atoms with Crippen LogP contribution >= 0.6 is 11.8 Å². The number of nitro groups is 1. The van der Waals surface area contributed by atoms with E-state index >= 15 is 0 Å². The third-order valence-corrected chi connectivity index (χ3v) is 3.34. The molecule has 6 nitrogen and oxygen atoms in total. The maximum Gasteiger partial charge on any atom is 0.335 e. The maximum absolute atomic E-state index is 13.5. The number of halogens is 2. The van der Waals surface area contributed by atoms with Crippen molar-refractivity contribution >= 4 is 23.4 Å². The molecule has 0 aliphatic carbocycles. The summed E-state index contributed by atoms with van der Waals surface area (Å²) in [7, 11) is 0. The van der Waals surface area contributed by atoms with Crippen molar-refractivity contribution in [3.8, 4) is 0 Å². The Morgan fingerprint density at radius 1 is 1.33 bits per heavy atom. The standard InChI is InChI=1S/C12H6F2N2O4S/c13-7-4-8(14)11(16(19)20)9(5-7)21-10-3-6(12(17)18)1-2-15-10/h1-5H,(H,17,18). The number of aromatic nitrogens is 1. The molecule has 0 saturated heterocycles. The molecule has 1 N–H and O–H groups in total. The number of carboxylic acids is 1. The Bertz CT molecular complexity index is 739. The molecule has 0 spiro atoms. The van der Waals surface area contributed by atoms with Crippen LogP contribution in [0.1, 0.15) is 10.4 Å².